The van der Waals surface area contributed by atoms with Crippen LogP contribution < -0.4 is 5.32 Å². The summed E-state index contributed by atoms with van der Waals surface area (Å²) in [6.07, 6.45) is 4.17. The second kappa shape index (κ2) is 10.7. The molecule has 0 unspecified atom stereocenters. The molecule has 0 aromatic heterocycles. The molecule has 1 saturated carbocycles. The molecule has 1 amide bonds. The number of aromatic hydroxyl groups is 1. The van der Waals surface area contributed by atoms with E-state index in [0.717, 1.165) is 61.2 Å². The molecule has 2 N–H and O–H groups in total. The molecule has 7 heteroatoms. The van der Waals surface area contributed by atoms with Gasteiger partial charge in [-0.05, 0) is 72.6 Å². The van der Waals surface area contributed by atoms with Crippen molar-refractivity contribution >= 4 is 11.6 Å². The number of carbonyl (C=O) groups is 1. The Morgan fingerprint density at radius 3 is 2.51 bits per heavy atom. The minimum atomic E-state index is -0.742. The van der Waals surface area contributed by atoms with Crippen molar-refractivity contribution in [1.82, 2.24) is 4.90 Å². The maximum Gasteiger partial charge on any atom is 0.250 e. The van der Waals surface area contributed by atoms with E-state index in [0.29, 0.717) is 11.3 Å². The van der Waals surface area contributed by atoms with E-state index in [9.17, 15) is 19.6 Å². The number of anilines is 1. The Morgan fingerprint density at radius 1 is 1.08 bits per heavy atom. The van der Waals surface area contributed by atoms with Crippen molar-refractivity contribution in [1.29, 1.82) is 5.26 Å². The second-order valence-electron chi connectivity index (χ2n) is 10.0. The van der Waals surface area contributed by atoms with Crippen LogP contribution in [0.4, 0.5) is 10.1 Å². The summed E-state index contributed by atoms with van der Waals surface area (Å²) in [6.45, 7) is 2.76. The quantitative estimate of drug-likeness (QED) is 0.432. The predicted octanol–water partition coefficient (Wildman–Crippen LogP) is 5.43. The van der Waals surface area contributed by atoms with Crippen molar-refractivity contribution < 1.29 is 19.0 Å². The summed E-state index contributed by atoms with van der Waals surface area (Å²) in [5.74, 6) is -0.807. The number of phenolic OH excluding ortho intramolecular Hbond substituents is 1. The molecule has 1 aliphatic carbocycles. The number of halogens is 1. The van der Waals surface area contributed by atoms with Gasteiger partial charge in [-0.15, -0.1) is 0 Å². The van der Waals surface area contributed by atoms with Crippen molar-refractivity contribution in [2.24, 2.45) is 5.92 Å². The summed E-state index contributed by atoms with van der Waals surface area (Å²) >= 11 is 0. The molecule has 190 valence electrons. The van der Waals surface area contributed by atoms with E-state index in [1.165, 1.54) is 25.0 Å². The van der Waals surface area contributed by atoms with E-state index in [2.05, 4.69) is 28.4 Å². The summed E-state index contributed by atoms with van der Waals surface area (Å²) < 4.78 is 19.7. The normalized spacial score (nSPS) is 17.2. The SMILES string of the molecule is N#Cc1cccc(-c2ccc(C3(OCC(=O)Nc4ccc(F)c(O)c4)CCN(CC4CC4)CC3)cc2)c1. The number of benzene rings is 3. The molecule has 1 heterocycles. The number of hydrogen-bond donors (Lipinski definition) is 2. The lowest BCUT2D eigenvalue weighted by Gasteiger charge is -2.42. The minimum absolute atomic E-state index is 0.160. The molecule has 6 nitrogen and oxygen atoms in total. The number of ether oxygens (including phenoxy) is 1. The molecule has 1 saturated heterocycles. The lowest BCUT2D eigenvalue weighted by atomic mass is 9.83. The first-order valence-electron chi connectivity index (χ1n) is 12.7. The fraction of sp³-hybridized carbons (Fsp3) is 0.333. The number of nitrogens with one attached hydrogen (secondary N) is 1. The zero-order valence-electron chi connectivity index (χ0n) is 20.6. The van der Waals surface area contributed by atoms with Gasteiger partial charge in [0.05, 0.1) is 17.2 Å². The Labute approximate surface area is 216 Å². The highest BCUT2D eigenvalue weighted by Crippen LogP contribution is 2.39. The number of amides is 1. The van der Waals surface area contributed by atoms with Gasteiger partial charge in [0.2, 0.25) is 5.91 Å². The summed E-state index contributed by atoms with van der Waals surface area (Å²) in [4.78, 5) is 15.2. The zero-order valence-corrected chi connectivity index (χ0v) is 20.6. The molecule has 2 aliphatic rings. The molecular formula is C30H30FN3O3. The number of nitrogens with zero attached hydrogens (tertiary/aromatic N) is 2. The van der Waals surface area contributed by atoms with E-state index in [4.69, 9.17) is 4.74 Å². The van der Waals surface area contributed by atoms with Crippen molar-refractivity contribution in [3.8, 4) is 22.9 Å². The molecule has 0 atom stereocenters. The Hall–Kier alpha value is -3.73. The lowest BCUT2D eigenvalue weighted by molar-refractivity contribution is -0.134. The van der Waals surface area contributed by atoms with Crippen LogP contribution in [-0.2, 0) is 15.1 Å². The van der Waals surface area contributed by atoms with Crippen molar-refractivity contribution in [2.75, 3.05) is 31.6 Å². The topological polar surface area (TPSA) is 85.6 Å². The van der Waals surface area contributed by atoms with Crippen molar-refractivity contribution in [3.05, 3.63) is 83.7 Å². The number of rotatable bonds is 8. The molecule has 0 spiro atoms. The molecule has 3 aromatic carbocycles. The van der Waals surface area contributed by atoms with Crippen LogP contribution in [0.25, 0.3) is 11.1 Å². The molecule has 0 bridgehead atoms. The van der Waals surface area contributed by atoms with E-state index in [1.54, 1.807) is 6.07 Å². The van der Waals surface area contributed by atoms with Gasteiger partial charge in [-0.3, -0.25) is 4.79 Å². The van der Waals surface area contributed by atoms with Crippen molar-refractivity contribution in [3.63, 3.8) is 0 Å². The molecule has 0 radical (unpaired) electrons. The number of carbonyl (C=O) groups excluding carboxylic acids is 1. The summed E-state index contributed by atoms with van der Waals surface area (Å²) in [5.41, 5.74) is 3.33. The van der Waals surface area contributed by atoms with Gasteiger partial charge in [-0.2, -0.15) is 5.26 Å². The Morgan fingerprint density at radius 2 is 1.84 bits per heavy atom. The highest BCUT2D eigenvalue weighted by atomic mass is 19.1. The lowest BCUT2D eigenvalue weighted by Crippen LogP contribution is -2.45. The van der Waals surface area contributed by atoms with Crippen LogP contribution in [0.3, 0.4) is 0 Å². The van der Waals surface area contributed by atoms with Crippen LogP contribution in [0.15, 0.2) is 66.7 Å². The minimum Gasteiger partial charge on any atom is -0.505 e. The summed E-state index contributed by atoms with van der Waals surface area (Å²) in [7, 11) is 0. The van der Waals surface area contributed by atoms with E-state index in [-0.39, 0.29) is 12.5 Å². The molecule has 3 aromatic rings. The van der Waals surface area contributed by atoms with Gasteiger partial charge >= 0.3 is 0 Å². The first-order valence-corrected chi connectivity index (χ1v) is 12.7. The average molecular weight is 500 g/mol. The van der Waals surface area contributed by atoms with Gasteiger partial charge in [0.25, 0.3) is 0 Å². The predicted molar refractivity (Wildman–Crippen MR) is 139 cm³/mol. The van der Waals surface area contributed by atoms with E-state index < -0.39 is 17.2 Å². The third-order valence-electron chi connectivity index (χ3n) is 7.32. The van der Waals surface area contributed by atoms with Gasteiger partial charge < -0.3 is 20.1 Å². The summed E-state index contributed by atoms with van der Waals surface area (Å²) in [5, 5.41) is 21.5. The van der Waals surface area contributed by atoms with Crippen LogP contribution in [0, 0.1) is 23.1 Å². The number of likely N-dealkylation sites (tertiary alicyclic amines) is 1. The number of piperidine rings is 1. The second-order valence-corrected chi connectivity index (χ2v) is 10.0. The Kier molecular flexibility index (Phi) is 7.22. The molecular weight excluding hydrogens is 469 g/mol. The van der Waals surface area contributed by atoms with Gasteiger partial charge in [-0.25, -0.2) is 4.39 Å². The van der Waals surface area contributed by atoms with Gasteiger partial charge in [-0.1, -0.05) is 36.4 Å². The first kappa shape index (κ1) is 24.9. The maximum atomic E-state index is 13.3. The molecule has 2 fully saturated rings. The van der Waals surface area contributed by atoms with Crippen LogP contribution in [-0.4, -0.2) is 42.2 Å². The maximum absolute atomic E-state index is 13.3. The fourth-order valence-electron chi connectivity index (χ4n) is 5.00. The molecule has 37 heavy (non-hydrogen) atoms. The zero-order chi connectivity index (χ0) is 25.8. The third kappa shape index (κ3) is 5.99. The van der Waals surface area contributed by atoms with Gasteiger partial charge in [0, 0.05) is 31.4 Å². The van der Waals surface area contributed by atoms with Crippen LogP contribution in [0.1, 0.15) is 36.8 Å². The van der Waals surface area contributed by atoms with Crippen LogP contribution >= 0.6 is 0 Å². The van der Waals surface area contributed by atoms with Crippen LogP contribution in [0.2, 0.25) is 0 Å². The number of phenols is 1. The monoisotopic (exact) mass is 499 g/mol. The number of hydrogen-bond acceptors (Lipinski definition) is 5. The average Bonchev–Trinajstić information content (AvgIpc) is 3.75. The third-order valence-corrected chi connectivity index (χ3v) is 7.32. The number of nitriles is 1. The van der Waals surface area contributed by atoms with Crippen molar-refractivity contribution in [2.45, 2.75) is 31.3 Å². The fourth-order valence-corrected chi connectivity index (χ4v) is 5.00. The molecule has 1 aliphatic heterocycles. The Bertz CT molecular complexity index is 1310. The van der Waals surface area contributed by atoms with Gasteiger partial charge in [0.1, 0.15) is 6.61 Å². The van der Waals surface area contributed by atoms with E-state index >= 15 is 0 Å². The Balaban J connectivity index is 1.32. The van der Waals surface area contributed by atoms with Gasteiger partial charge in [0.15, 0.2) is 11.6 Å². The molecule has 5 rings (SSSR count). The smallest absolute Gasteiger partial charge is 0.250 e. The first-order chi connectivity index (χ1) is 17.9. The highest BCUT2D eigenvalue weighted by Gasteiger charge is 2.39. The standard InChI is InChI=1S/C30H30FN3O3/c31-27-11-10-26(17-28(27)35)33-29(36)20-37-30(12-14-34(15-13-30)19-21-4-5-21)25-8-6-23(7-9-25)24-3-1-2-22(16-24)18-32/h1-3,6-11,16-17,21,35H,4-5,12-15,19-20H2,(H,33,36). The van der Waals surface area contributed by atoms with E-state index in [1.807, 2.05) is 30.3 Å². The summed E-state index contributed by atoms with van der Waals surface area (Å²) in [6, 6.07) is 21.6. The highest BCUT2D eigenvalue weighted by molar-refractivity contribution is 5.91. The van der Waals surface area contributed by atoms with Crippen LogP contribution in [0.5, 0.6) is 5.75 Å². The largest absolute Gasteiger partial charge is 0.505 e.